The van der Waals surface area contributed by atoms with Gasteiger partial charge in [-0.2, -0.15) is 0 Å². The van der Waals surface area contributed by atoms with Gasteiger partial charge in [-0.05, 0) is 60.8 Å². The van der Waals surface area contributed by atoms with Crippen molar-refractivity contribution in [1.82, 2.24) is 15.5 Å². The molecule has 0 heterocycles. The van der Waals surface area contributed by atoms with Crippen molar-refractivity contribution in [1.29, 1.82) is 5.41 Å². The van der Waals surface area contributed by atoms with Crippen LogP contribution in [-0.2, 0) is 10.8 Å². The first-order valence-electron chi connectivity index (χ1n) is 13.8. The quantitative estimate of drug-likeness (QED) is 0.219. The number of rotatable bonds is 7. The van der Waals surface area contributed by atoms with Crippen LogP contribution in [0.15, 0.2) is 48.8 Å². The number of carbonyl (C=O) groups is 1. The lowest BCUT2D eigenvalue weighted by Gasteiger charge is -2.32. The van der Waals surface area contributed by atoms with Gasteiger partial charge in [-0.3, -0.25) is 10.2 Å². The summed E-state index contributed by atoms with van der Waals surface area (Å²) in [5, 5.41) is 29.4. The molecule has 7 nitrogen and oxygen atoms in total. The number of carbonyl (C=O) groups excluding carboxylic acids is 1. The monoisotopic (exact) mass is 533 g/mol. The second-order valence-electron chi connectivity index (χ2n) is 13.0. The fraction of sp³-hybridized carbons (Fsp3) is 0.500. The van der Waals surface area contributed by atoms with Gasteiger partial charge in [0.05, 0.1) is 11.5 Å². The van der Waals surface area contributed by atoms with E-state index in [1.165, 1.54) is 0 Å². The lowest BCUT2D eigenvalue weighted by atomic mass is 9.78. The van der Waals surface area contributed by atoms with Gasteiger partial charge in [-0.15, -0.1) is 0 Å². The van der Waals surface area contributed by atoms with E-state index in [9.17, 15) is 9.90 Å². The molecular formula is C32H47N5O2. The van der Waals surface area contributed by atoms with Gasteiger partial charge in [0.1, 0.15) is 11.6 Å². The van der Waals surface area contributed by atoms with E-state index in [2.05, 4.69) is 64.1 Å². The second-order valence-corrected chi connectivity index (χ2v) is 13.0. The van der Waals surface area contributed by atoms with Crippen LogP contribution < -0.4 is 16.0 Å². The highest BCUT2D eigenvalue weighted by molar-refractivity contribution is 6.01. The van der Waals surface area contributed by atoms with Crippen LogP contribution in [0, 0.1) is 5.41 Å². The summed E-state index contributed by atoms with van der Waals surface area (Å²) in [6.45, 7) is 16.5. The van der Waals surface area contributed by atoms with Gasteiger partial charge in [-0.25, -0.2) is 0 Å². The number of nitrogens with zero attached hydrogens (tertiary/aromatic N) is 1. The van der Waals surface area contributed by atoms with Gasteiger partial charge in [0.25, 0.3) is 5.91 Å². The minimum Gasteiger partial charge on any atom is -0.507 e. The molecule has 0 bridgehead atoms. The standard InChI is InChI=1S/C32H47N5O2/c1-20(35-27-13-11-10-12-24(27)29(33)37(8)9)34-22-14-16-23(17-15-22)36-30(39)21-18-25(31(2,3)4)28(38)26(19-21)32(5,6)7/h10-13,18-19,22-23,33-35,38H,1,14-17H2,2-9H3,(H,36,39). The lowest BCUT2D eigenvalue weighted by molar-refractivity contribution is 0.0924. The maximum absolute atomic E-state index is 13.3. The van der Waals surface area contributed by atoms with Crippen LogP contribution >= 0.6 is 0 Å². The third kappa shape index (κ3) is 7.55. The van der Waals surface area contributed by atoms with Crippen molar-refractivity contribution in [2.24, 2.45) is 0 Å². The molecule has 39 heavy (non-hydrogen) atoms. The minimum absolute atomic E-state index is 0.0894. The molecule has 0 unspecified atom stereocenters. The molecule has 5 N–H and O–H groups in total. The number of phenolic OH excluding ortho intramolecular Hbond substituents is 1. The molecule has 212 valence electrons. The molecule has 1 saturated carbocycles. The number of aromatic hydroxyl groups is 1. The zero-order valence-electron chi connectivity index (χ0n) is 25.0. The zero-order chi connectivity index (χ0) is 29.1. The highest BCUT2D eigenvalue weighted by Gasteiger charge is 2.29. The zero-order valence-corrected chi connectivity index (χ0v) is 25.0. The summed E-state index contributed by atoms with van der Waals surface area (Å²) in [6, 6.07) is 11.8. The van der Waals surface area contributed by atoms with E-state index in [1.807, 2.05) is 50.5 Å². The predicted octanol–water partition coefficient (Wildman–Crippen LogP) is 6.09. The molecule has 0 saturated heterocycles. The number of hydrogen-bond donors (Lipinski definition) is 5. The molecule has 0 spiro atoms. The SMILES string of the molecule is C=C(Nc1ccccc1C(=N)N(C)C)NC1CCC(NC(=O)c2cc(C(C)(C)C)c(O)c(C(C)(C)C)c2)CC1. The first-order valence-corrected chi connectivity index (χ1v) is 13.8. The van der Waals surface area contributed by atoms with Gasteiger partial charge < -0.3 is 26.0 Å². The van der Waals surface area contributed by atoms with Gasteiger partial charge >= 0.3 is 0 Å². The van der Waals surface area contributed by atoms with Crippen molar-refractivity contribution < 1.29 is 9.90 Å². The van der Waals surface area contributed by atoms with E-state index in [1.54, 1.807) is 4.90 Å². The number of phenols is 1. The van der Waals surface area contributed by atoms with Crippen LogP contribution in [0.5, 0.6) is 5.75 Å². The van der Waals surface area contributed by atoms with Crippen LogP contribution in [-0.4, -0.2) is 47.9 Å². The topological polar surface area (TPSA) is 100 Å². The molecule has 1 amide bonds. The summed E-state index contributed by atoms with van der Waals surface area (Å²) in [5.41, 5.74) is 3.27. The summed E-state index contributed by atoms with van der Waals surface area (Å²) in [4.78, 5) is 15.1. The fourth-order valence-corrected chi connectivity index (χ4v) is 5.04. The fourth-order valence-electron chi connectivity index (χ4n) is 5.04. The molecule has 1 fully saturated rings. The van der Waals surface area contributed by atoms with Crippen molar-refractivity contribution in [2.75, 3.05) is 19.4 Å². The smallest absolute Gasteiger partial charge is 0.251 e. The number of benzene rings is 2. The molecule has 2 aromatic rings. The first-order chi connectivity index (χ1) is 18.1. The normalized spacial score (nSPS) is 17.7. The van der Waals surface area contributed by atoms with E-state index in [4.69, 9.17) is 5.41 Å². The Morgan fingerprint density at radius 2 is 1.41 bits per heavy atom. The number of hydrogen-bond acceptors (Lipinski definition) is 5. The van der Waals surface area contributed by atoms with Crippen molar-refractivity contribution in [3.05, 3.63) is 71.1 Å². The average Bonchev–Trinajstić information content (AvgIpc) is 2.83. The number of amides is 1. The molecule has 0 atom stereocenters. The van der Waals surface area contributed by atoms with Gasteiger partial charge in [0.2, 0.25) is 0 Å². The highest BCUT2D eigenvalue weighted by Crippen LogP contribution is 2.39. The maximum atomic E-state index is 13.3. The first kappa shape index (κ1) is 30.1. The molecule has 0 aliphatic heterocycles. The van der Waals surface area contributed by atoms with Crippen LogP contribution in [0.3, 0.4) is 0 Å². The molecule has 1 aliphatic carbocycles. The number of nitrogens with one attached hydrogen (secondary N) is 4. The van der Waals surface area contributed by atoms with E-state index in [0.717, 1.165) is 48.1 Å². The molecular weight excluding hydrogens is 486 g/mol. The Labute approximate surface area is 234 Å². The van der Waals surface area contributed by atoms with E-state index in [-0.39, 0.29) is 34.6 Å². The summed E-state index contributed by atoms with van der Waals surface area (Å²) in [7, 11) is 3.72. The molecule has 3 rings (SSSR count). The van der Waals surface area contributed by atoms with Crippen LogP contribution in [0.1, 0.15) is 94.3 Å². The van der Waals surface area contributed by atoms with Gasteiger partial charge in [-0.1, -0.05) is 60.3 Å². The lowest BCUT2D eigenvalue weighted by Crippen LogP contribution is -2.42. The Balaban J connectivity index is 1.61. The number of para-hydroxylation sites is 1. The Kier molecular flexibility index (Phi) is 9.04. The Morgan fingerprint density at radius 3 is 1.90 bits per heavy atom. The Morgan fingerprint density at radius 1 is 0.923 bits per heavy atom. The molecule has 2 aromatic carbocycles. The van der Waals surface area contributed by atoms with Crippen LogP contribution in [0.25, 0.3) is 0 Å². The molecule has 0 radical (unpaired) electrons. The average molecular weight is 534 g/mol. The molecule has 7 heteroatoms. The highest BCUT2D eigenvalue weighted by atomic mass is 16.3. The Bertz CT molecular complexity index is 1180. The predicted molar refractivity (Wildman–Crippen MR) is 162 cm³/mol. The Hall–Kier alpha value is -3.48. The van der Waals surface area contributed by atoms with E-state index in [0.29, 0.717) is 17.2 Å². The second kappa shape index (κ2) is 11.7. The molecule has 1 aliphatic rings. The van der Waals surface area contributed by atoms with E-state index >= 15 is 0 Å². The number of amidine groups is 1. The third-order valence-electron chi connectivity index (χ3n) is 7.34. The van der Waals surface area contributed by atoms with Crippen molar-refractivity contribution in [2.45, 2.75) is 90.1 Å². The van der Waals surface area contributed by atoms with Crippen LogP contribution in [0.4, 0.5) is 5.69 Å². The summed E-state index contributed by atoms with van der Waals surface area (Å²) >= 11 is 0. The van der Waals surface area contributed by atoms with Crippen molar-refractivity contribution >= 4 is 17.4 Å². The largest absolute Gasteiger partial charge is 0.507 e. The number of anilines is 1. The summed E-state index contributed by atoms with van der Waals surface area (Å²) in [6.07, 6.45) is 3.57. The summed E-state index contributed by atoms with van der Waals surface area (Å²) < 4.78 is 0. The summed E-state index contributed by atoms with van der Waals surface area (Å²) in [5.74, 6) is 1.33. The van der Waals surface area contributed by atoms with E-state index < -0.39 is 0 Å². The maximum Gasteiger partial charge on any atom is 0.251 e. The van der Waals surface area contributed by atoms with Crippen molar-refractivity contribution in [3.63, 3.8) is 0 Å². The molecule has 0 aromatic heterocycles. The third-order valence-corrected chi connectivity index (χ3v) is 7.34. The van der Waals surface area contributed by atoms with Crippen molar-refractivity contribution in [3.8, 4) is 5.75 Å². The van der Waals surface area contributed by atoms with Crippen LogP contribution in [0.2, 0.25) is 0 Å². The van der Waals surface area contributed by atoms with Gasteiger partial charge in [0, 0.05) is 48.4 Å². The van der Waals surface area contributed by atoms with Gasteiger partial charge in [0.15, 0.2) is 0 Å². The minimum atomic E-state index is -0.284.